The van der Waals surface area contributed by atoms with Crippen LogP contribution in [0.1, 0.15) is 19.3 Å². The second-order valence-corrected chi connectivity index (χ2v) is 4.02. The Bertz CT molecular complexity index is 40.2. The molecule has 0 rings (SSSR count). The van der Waals surface area contributed by atoms with Crippen LogP contribution in [0.4, 0.5) is 0 Å². The maximum Gasteiger partial charge on any atom is -0.00703 e. The van der Waals surface area contributed by atoms with Crippen LogP contribution in [-0.4, -0.2) is 24.0 Å². The number of rotatable bonds is 6. The van der Waals surface area contributed by atoms with Crippen molar-refractivity contribution >= 4 is 23.5 Å². The third-order valence-electron chi connectivity index (χ3n) is 1.20. The Hall–Kier alpha value is 0.700. The first-order valence-corrected chi connectivity index (χ1v) is 6.18. The van der Waals surface area contributed by atoms with Crippen LogP contribution >= 0.6 is 23.5 Å². The highest BCUT2D eigenvalue weighted by Gasteiger charge is 1.86. The van der Waals surface area contributed by atoms with Crippen LogP contribution in [0.3, 0.4) is 0 Å². The summed E-state index contributed by atoms with van der Waals surface area (Å²) in [5.41, 5.74) is 0. The summed E-state index contributed by atoms with van der Waals surface area (Å²) in [5.74, 6) is 2.68. The molecule has 0 radical (unpaired) electrons. The smallest absolute Gasteiger partial charge is 0.00703 e. The zero-order valence-corrected chi connectivity index (χ0v) is 7.99. The predicted molar refractivity (Wildman–Crippen MR) is 50.6 cm³/mol. The van der Waals surface area contributed by atoms with E-state index in [4.69, 9.17) is 0 Å². The zero-order chi connectivity index (χ0) is 6.95. The van der Waals surface area contributed by atoms with Crippen molar-refractivity contribution in [1.29, 1.82) is 0 Å². The van der Waals surface area contributed by atoms with E-state index in [0.29, 0.717) is 0 Å². The summed E-state index contributed by atoms with van der Waals surface area (Å²) in [4.78, 5) is 0. The summed E-state index contributed by atoms with van der Waals surface area (Å²) in [7, 11) is 0. The highest BCUT2D eigenvalue weighted by molar-refractivity contribution is 7.98. The summed E-state index contributed by atoms with van der Waals surface area (Å²) in [6.45, 7) is 0. The average molecular weight is 164 g/mol. The molecule has 0 fully saturated rings. The van der Waals surface area contributed by atoms with Gasteiger partial charge in [0.1, 0.15) is 0 Å². The maximum atomic E-state index is 2.18. The quantitative estimate of drug-likeness (QED) is 0.554. The van der Waals surface area contributed by atoms with Gasteiger partial charge in [-0.05, 0) is 36.9 Å². The fourth-order valence-corrected chi connectivity index (χ4v) is 1.66. The minimum absolute atomic E-state index is 1.34. The highest BCUT2D eigenvalue weighted by atomic mass is 32.2. The first-order valence-electron chi connectivity index (χ1n) is 3.39. The molecule has 9 heavy (non-hydrogen) atoms. The van der Waals surface area contributed by atoms with Gasteiger partial charge >= 0.3 is 0 Å². The molecule has 0 aliphatic carbocycles. The van der Waals surface area contributed by atoms with Crippen molar-refractivity contribution < 1.29 is 0 Å². The van der Waals surface area contributed by atoms with E-state index >= 15 is 0 Å². The average Bonchev–Trinajstić information content (AvgIpc) is 1.89. The van der Waals surface area contributed by atoms with E-state index in [1.165, 1.54) is 30.8 Å². The Kier molecular flexibility index (Phi) is 9.38. The Morgan fingerprint density at radius 3 is 1.56 bits per heavy atom. The van der Waals surface area contributed by atoms with E-state index in [-0.39, 0.29) is 0 Å². The fourth-order valence-electron chi connectivity index (χ4n) is 0.670. The maximum absolute atomic E-state index is 2.18. The van der Waals surface area contributed by atoms with E-state index in [0.717, 1.165) is 0 Å². The van der Waals surface area contributed by atoms with E-state index in [2.05, 4.69) is 12.5 Å². The molecule has 0 N–H and O–H groups in total. The summed E-state index contributed by atoms with van der Waals surface area (Å²) < 4.78 is 0. The highest BCUT2D eigenvalue weighted by Crippen LogP contribution is 2.05. The van der Waals surface area contributed by atoms with Crippen molar-refractivity contribution in [2.24, 2.45) is 0 Å². The van der Waals surface area contributed by atoms with Gasteiger partial charge in [-0.1, -0.05) is 6.42 Å². The largest absolute Gasteiger partial charge is 0.165 e. The lowest BCUT2D eigenvalue weighted by atomic mass is 10.3. The van der Waals surface area contributed by atoms with Crippen molar-refractivity contribution in [3.63, 3.8) is 0 Å². The molecule has 0 aromatic carbocycles. The van der Waals surface area contributed by atoms with Crippen LogP contribution in [0.25, 0.3) is 0 Å². The Morgan fingerprint density at radius 2 is 1.22 bits per heavy atom. The van der Waals surface area contributed by atoms with Gasteiger partial charge in [0.05, 0.1) is 0 Å². The van der Waals surface area contributed by atoms with E-state index < -0.39 is 0 Å². The molecule has 0 saturated heterocycles. The summed E-state index contributed by atoms with van der Waals surface area (Å²) >= 11 is 3.91. The number of unbranched alkanes of at least 4 members (excludes halogenated alkanes) is 2. The van der Waals surface area contributed by atoms with Crippen LogP contribution in [0.15, 0.2) is 0 Å². The van der Waals surface area contributed by atoms with Crippen molar-refractivity contribution in [2.45, 2.75) is 19.3 Å². The van der Waals surface area contributed by atoms with Crippen molar-refractivity contribution in [3.05, 3.63) is 0 Å². The van der Waals surface area contributed by atoms with Gasteiger partial charge in [0, 0.05) is 0 Å². The summed E-state index contributed by atoms with van der Waals surface area (Å²) in [6, 6.07) is 0. The van der Waals surface area contributed by atoms with E-state index in [9.17, 15) is 0 Å². The lowest BCUT2D eigenvalue weighted by Gasteiger charge is -1.95. The van der Waals surface area contributed by atoms with Gasteiger partial charge in [0.25, 0.3) is 0 Å². The van der Waals surface area contributed by atoms with Crippen molar-refractivity contribution in [1.82, 2.24) is 0 Å². The topological polar surface area (TPSA) is 0 Å². The second kappa shape index (κ2) is 8.70. The Labute approximate surface area is 67.2 Å². The summed E-state index contributed by atoms with van der Waals surface area (Å²) in [5, 5.41) is 0. The molecule has 0 amide bonds. The molecular weight excluding hydrogens is 148 g/mol. The zero-order valence-electron chi connectivity index (χ0n) is 6.35. The van der Waals surface area contributed by atoms with Gasteiger partial charge in [-0.2, -0.15) is 23.5 Å². The number of hydrogen-bond donors (Lipinski definition) is 0. The molecule has 2 heteroatoms. The molecule has 0 bridgehead atoms. The fraction of sp³-hybridized carbons (Fsp3) is 1.00. The molecule has 0 saturated carbocycles. The van der Waals surface area contributed by atoms with Gasteiger partial charge in [-0.3, -0.25) is 0 Å². The van der Waals surface area contributed by atoms with E-state index in [1.807, 2.05) is 23.5 Å². The molecule has 0 unspecified atom stereocenters. The molecular formula is C7H16S2. The molecule has 0 aromatic heterocycles. The monoisotopic (exact) mass is 164 g/mol. The van der Waals surface area contributed by atoms with Gasteiger partial charge in [-0.25, -0.2) is 0 Å². The third kappa shape index (κ3) is 8.70. The number of thioether (sulfide) groups is 2. The third-order valence-corrected chi connectivity index (χ3v) is 2.59. The standard InChI is InChI=1S/C7H16S2/c1-8-6-4-3-5-7-9-2/h3-7H2,1-2H3. The molecule has 0 heterocycles. The molecule has 0 nitrogen and oxygen atoms in total. The van der Waals surface area contributed by atoms with Gasteiger partial charge in [0.2, 0.25) is 0 Å². The molecule has 56 valence electrons. The minimum Gasteiger partial charge on any atom is -0.165 e. The Morgan fingerprint density at radius 1 is 0.778 bits per heavy atom. The first kappa shape index (κ1) is 9.70. The van der Waals surface area contributed by atoms with Gasteiger partial charge < -0.3 is 0 Å². The van der Waals surface area contributed by atoms with Crippen LogP contribution in [0.2, 0.25) is 0 Å². The predicted octanol–water partition coefficient (Wildman–Crippen LogP) is 2.88. The van der Waals surface area contributed by atoms with Crippen LogP contribution in [-0.2, 0) is 0 Å². The van der Waals surface area contributed by atoms with Crippen LogP contribution < -0.4 is 0 Å². The molecule has 0 aromatic rings. The normalized spacial score (nSPS) is 10.0. The van der Waals surface area contributed by atoms with Crippen LogP contribution in [0.5, 0.6) is 0 Å². The SMILES string of the molecule is CSCCCCCSC. The van der Waals surface area contributed by atoms with Crippen molar-refractivity contribution in [3.8, 4) is 0 Å². The van der Waals surface area contributed by atoms with Crippen molar-refractivity contribution in [2.75, 3.05) is 24.0 Å². The summed E-state index contributed by atoms with van der Waals surface area (Å²) in [6.07, 6.45) is 8.58. The first-order chi connectivity index (χ1) is 4.41. The van der Waals surface area contributed by atoms with Gasteiger partial charge in [0.15, 0.2) is 0 Å². The van der Waals surface area contributed by atoms with E-state index in [1.54, 1.807) is 0 Å². The Balaban J connectivity index is 2.60. The molecule has 0 atom stereocenters. The minimum atomic E-state index is 1.34. The lowest BCUT2D eigenvalue weighted by Crippen LogP contribution is -1.81. The van der Waals surface area contributed by atoms with Crippen LogP contribution in [0, 0.1) is 0 Å². The molecule has 0 aliphatic heterocycles. The lowest BCUT2D eigenvalue weighted by molar-refractivity contribution is 0.786. The number of hydrogen-bond acceptors (Lipinski definition) is 2. The molecule has 0 spiro atoms. The molecule has 0 aliphatic rings. The van der Waals surface area contributed by atoms with Gasteiger partial charge in [-0.15, -0.1) is 0 Å². The second-order valence-electron chi connectivity index (χ2n) is 2.05.